The highest BCUT2D eigenvalue weighted by Crippen LogP contribution is 2.18. The summed E-state index contributed by atoms with van der Waals surface area (Å²) < 4.78 is 1.84. The Balaban J connectivity index is 1.40. The predicted octanol–water partition coefficient (Wildman–Crippen LogP) is 2.01. The second-order valence-electron chi connectivity index (χ2n) is 6.94. The molecule has 6 heteroatoms. The lowest BCUT2D eigenvalue weighted by Gasteiger charge is -2.18. The molecule has 3 rings (SSSR count). The zero-order valence-corrected chi connectivity index (χ0v) is 15.0. The molecule has 2 heterocycles. The monoisotopic (exact) mass is 341 g/mol. The molecule has 1 aliphatic rings. The molecular formula is C19H27N5O. The Morgan fingerprint density at radius 1 is 1.28 bits per heavy atom. The first-order valence-electron chi connectivity index (χ1n) is 8.90. The van der Waals surface area contributed by atoms with Crippen LogP contribution in [0.4, 0.5) is 4.79 Å². The van der Waals surface area contributed by atoms with Crippen LogP contribution in [0.2, 0.25) is 0 Å². The lowest BCUT2D eigenvalue weighted by Crippen LogP contribution is -2.46. The number of aryl methyl sites for hydroxylation is 1. The van der Waals surface area contributed by atoms with Gasteiger partial charge in [0.05, 0.1) is 12.7 Å². The number of carbonyl (C=O) groups is 1. The third-order valence-electron chi connectivity index (χ3n) is 4.64. The Labute approximate surface area is 149 Å². The van der Waals surface area contributed by atoms with E-state index < -0.39 is 0 Å². The maximum Gasteiger partial charge on any atom is 0.315 e. The molecule has 1 aromatic carbocycles. The van der Waals surface area contributed by atoms with Crippen LogP contribution >= 0.6 is 0 Å². The van der Waals surface area contributed by atoms with Crippen LogP contribution in [0.1, 0.15) is 18.1 Å². The van der Waals surface area contributed by atoms with Crippen molar-refractivity contribution in [1.82, 2.24) is 25.3 Å². The Morgan fingerprint density at radius 2 is 2.08 bits per heavy atom. The van der Waals surface area contributed by atoms with E-state index in [0.29, 0.717) is 19.0 Å². The minimum absolute atomic E-state index is 0.0951. The van der Waals surface area contributed by atoms with Crippen LogP contribution < -0.4 is 10.6 Å². The molecule has 6 nitrogen and oxygen atoms in total. The van der Waals surface area contributed by atoms with Crippen molar-refractivity contribution < 1.29 is 4.79 Å². The lowest BCUT2D eigenvalue weighted by molar-refractivity contribution is 0.234. The Morgan fingerprint density at radius 3 is 2.80 bits per heavy atom. The molecule has 0 aliphatic carbocycles. The number of rotatable bonds is 6. The Bertz CT molecular complexity index is 684. The van der Waals surface area contributed by atoms with Gasteiger partial charge in [-0.2, -0.15) is 5.10 Å². The number of nitrogens with zero attached hydrogens (tertiary/aromatic N) is 3. The third kappa shape index (κ3) is 5.06. The molecule has 0 spiro atoms. The SMILES string of the molecule is Cc1cnn(CCNC(=O)N[C@H]2CN(Cc3ccccc3)C[C@H]2C)c1. The highest BCUT2D eigenvalue weighted by molar-refractivity contribution is 5.74. The van der Waals surface area contributed by atoms with Crippen molar-refractivity contribution >= 4 is 6.03 Å². The molecule has 2 atom stereocenters. The number of nitrogens with one attached hydrogen (secondary N) is 2. The van der Waals surface area contributed by atoms with Gasteiger partial charge >= 0.3 is 6.03 Å². The third-order valence-corrected chi connectivity index (χ3v) is 4.64. The van der Waals surface area contributed by atoms with Gasteiger partial charge in [-0.05, 0) is 24.0 Å². The summed E-state index contributed by atoms with van der Waals surface area (Å²) in [6.07, 6.45) is 3.79. The van der Waals surface area contributed by atoms with Crippen molar-refractivity contribution in [2.75, 3.05) is 19.6 Å². The summed E-state index contributed by atoms with van der Waals surface area (Å²) in [6.45, 7) is 8.29. The lowest BCUT2D eigenvalue weighted by atomic mass is 10.1. The highest BCUT2D eigenvalue weighted by atomic mass is 16.2. The van der Waals surface area contributed by atoms with Crippen molar-refractivity contribution in [2.45, 2.75) is 33.0 Å². The largest absolute Gasteiger partial charge is 0.336 e. The number of carbonyl (C=O) groups excluding carboxylic acids is 1. The van der Waals surface area contributed by atoms with Gasteiger partial charge in [0.1, 0.15) is 0 Å². The van der Waals surface area contributed by atoms with Gasteiger partial charge in [-0.25, -0.2) is 4.79 Å². The fourth-order valence-corrected chi connectivity index (χ4v) is 3.32. The standard InChI is InChI=1S/C19H27N5O/c1-15-10-21-24(11-15)9-8-20-19(25)22-18-14-23(12-16(18)2)13-17-6-4-3-5-7-17/h3-7,10-11,16,18H,8-9,12-14H2,1-2H3,(H2,20,22,25)/t16-,18+/m1/s1. The molecule has 25 heavy (non-hydrogen) atoms. The molecular weight excluding hydrogens is 314 g/mol. The molecule has 0 bridgehead atoms. The smallest absolute Gasteiger partial charge is 0.315 e. The molecule has 1 aliphatic heterocycles. The molecule has 1 saturated heterocycles. The molecule has 1 fully saturated rings. The van der Waals surface area contributed by atoms with Crippen molar-refractivity contribution in [3.63, 3.8) is 0 Å². The van der Waals surface area contributed by atoms with E-state index in [2.05, 4.69) is 51.8 Å². The van der Waals surface area contributed by atoms with Gasteiger partial charge in [0.15, 0.2) is 0 Å². The van der Waals surface area contributed by atoms with E-state index >= 15 is 0 Å². The fraction of sp³-hybridized carbons (Fsp3) is 0.474. The van der Waals surface area contributed by atoms with E-state index in [0.717, 1.165) is 25.2 Å². The van der Waals surface area contributed by atoms with Crippen molar-refractivity contribution in [2.24, 2.45) is 5.92 Å². The normalized spacial score (nSPS) is 20.6. The average molecular weight is 341 g/mol. The molecule has 2 amide bonds. The number of hydrogen-bond donors (Lipinski definition) is 2. The predicted molar refractivity (Wildman–Crippen MR) is 98.2 cm³/mol. The summed E-state index contributed by atoms with van der Waals surface area (Å²) in [4.78, 5) is 14.5. The fourth-order valence-electron chi connectivity index (χ4n) is 3.32. The summed E-state index contributed by atoms with van der Waals surface area (Å²) in [5, 5.41) is 10.3. The number of amides is 2. The minimum Gasteiger partial charge on any atom is -0.336 e. The van der Waals surface area contributed by atoms with E-state index in [1.807, 2.05) is 30.1 Å². The summed E-state index contributed by atoms with van der Waals surface area (Å²) in [5.74, 6) is 0.447. The number of likely N-dealkylation sites (tertiary alicyclic amines) is 1. The molecule has 134 valence electrons. The molecule has 2 N–H and O–H groups in total. The van der Waals surface area contributed by atoms with Crippen LogP contribution in [-0.4, -0.2) is 46.4 Å². The summed E-state index contributed by atoms with van der Waals surface area (Å²) in [5.41, 5.74) is 2.44. The van der Waals surface area contributed by atoms with Crippen molar-refractivity contribution in [1.29, 1.82) is 0 Å². The highest BCUT2D eigenvalue weighted by Gasteiger charge is 2.30. The topological polar surface area (TPSA) is 62.2 Å². The van der Waals surface area contributed by atoms with Crippen molar-refractivity contribution in [3.05, 3.63) is 53.9 Å². The minimum atomic E-state index is -0.0951. The van der Waals surface area contributed by atoms with Crippen LogP contribution in [0.5, 0.6) is 0 Å². The number of benzene rings is 1. The second kappa shape index (κ2) is 8.16. The second-order valence-corrected chi connectivity index (χ2v) is 6.94. The maximum absolute atomic E-state index is 12.1. The van der Waals surface area contributed by atoms with Gasteiger partial charge in [0, 0.05) is 38.4 Å². The number of aromatic nitrogens is 2. The first-order chi connectivity index (χ1) is 12.1. The summed E-state index contributed by atoms with van der Waals surface area (Å²) >= 11 is 0. The maximum atomic E-state index is 12.1. The molecule has 0 radical (unpaired) electrons. The van der Waals surface area contributed by atoms with E-state index in [9.17, 15) is 4.79 Å². The van der Waals surface area contributed by atoms with Gasteiger partial charge in [-0.15, -0.1) is 0 Å². The number of urea groups is 1. The van der Waals surface area contributed by atoms with E-state index in [1.165, 1.54) is 5.56 Å². The van der Waals surface area contributed by atoms with Gasteiger partial charge in [0.2, 0.25) is 0 Å². The van der Waals surface area contributed by atoms with Gasteiger partial charge in [-0.3, -0.25) is 9.58 Å². The van der Waals surface area contributed by atoms with Crippen LogP contribution in [0.3, 0.4) is 0 Å². The Kier molecular flexibility index (Phi) is 5.71. The average Bonchev–Trinajstić information content (AvgIpc) is 3.14. The van der Waals surface area contributed by atoms with Crippen LogP contribution in [0.25, 0.3) is 0 Å². The molecule has 0 unspecified atom stereocenters. The van der Waals surface area contributed by atoms with E-state index in [-0.39, 0.29) is 12.1 Å². The zero-order chi connectivity index (χ0) is 17.6. The van der Waals surface area contributed by atoms with Crippen LogP contribution in [0.15, 0.2) is 42.7 Å². The zero-order valence-electron chi connectivity index (χ0n) is 15.0. The number of hydrogen-bond acceptors (Lipinski definition) is 3. The quantitative estimate of drug-likeness (QED) is 0.845. The summed E-state index contributed by atoms with van der Waals surface area (Å²) in [7, 11) is 0. The Hall–Kier alpha value is -2.34. The van der Waals surface area contributed by atoms with Crippen LogP contribution in [-0.2, 0) is 13.1 Å². The van der Waals surface area contributed by atoms with E-state index in [4.69, 9.17) is 0 Å². The molecule has 0 saturated carbocycles. The van der Waals surface area contributed by atoms with Gasteiger partial charge in [0.25, 0.3) is 0 Å². The van der Waals surface area contributed by atoms with Crippen LogP contribution in [0, 0.1) is 12.8 Å². The summed E-state index contributed by atoms with van der Waals surface area (Å²) in [6, 6.07) is 10.6. The van der Waals surface area contributed by atoms with E-state index in [1.54, 1.807) is 0 Å². The first kappa shape index (κ1) is 17.5. The van der Waals surface area contributed by atoms with Gasteiger partial charge in [-0.1, -0.05) is 37.3 Å². The van der Waals surface area contributed by atoms with Gasteiger partial charge < -0.3 is 10.6 Å². The first-order valence-corrected chi connectivity index (χ1v) is 8.90. The van der Waals surface area contributed by atoms with Crippen molar-refractivity contribution in [3.8, 4) is 0 Å². The molecule has 2 aromatic rings. The molecule has 1 aromatic heterocycles.